The van der Waals surface area contributed by atoms with Gasteiger partial charge in [0.1, 0.15) is 0 Å². The molecule has 0 aromatic heterocycles. The Balaban J connectivity index is 1.24. The Kier molecular flexibility index (Phi) is 7.65. The fourth-order valence-corrected chi connectivity index (χ4v) is 10.5. The maximum atomic E-state index is 2.55. The second kappa shape index (κ2) is 12.3. The Hall–Kier alpha value is -4.94. The van der Waals surface area contributed by atoms with Crippen molar-refractivity contribution in [3.05, 3.63) is 186 Å². The van der Waals surface area contributed by atoms with Crippen molar-refractivity contribution in [3.8, 4) is 0 Å². The SMILES string of the molecule is CC(C)(C)C1=CC=C(C2=c3ccc4c5c(ccc(c35)C(C3=Cc5ccccc5C3)C2)=C(c2ccc(C(C)(C)C)cc2)CC4C2=Cc3ccccc3C2)CC1. The van der Waals surface area contributed by atoms with Gasteiger partial charge < -0.3 is 0 Å². The van der Waals surface area contributed by atoms with E-state index in [0.717, 1.165) is 38.5 Å². The molecule has 54 heavy (non-hydrogen) atoms. The first-order valence-electron chi connectivity index (χ1n) is 20.4. The number of fused-ring (bicyclic) bond motifs is 2. The Morgan fingerprint density at radius 2 is 1.04 bits per heavy atom. The second-order valence-electron chi connectivity index (χ2n) is 18.8. The highest BCUT2D eigenvalue weighted by Gasteiger charge is 2.35. The van der Waals surface area contributed by atoms with Gasteiger partial charge in [-0.1, -0.05) is 180 Å². The number of hydrogen-bond acceptors (Lipinski definition) is 0. The van der Waals surface area contributed by atoms with E-state index in [1.54, 1.807) is 27.9 Å². The molecule has 0 N–H and O–H groups in total. The highest BCUT2D eigenvalue weighted by molar-refractivity contribution is 5.99. The summed E-state index contributed by atoms with van der Waals surface area (Å²) in [4.78, 5) is 0. The zero-order valence-electron chi connectivity index (χ0n) is 32.9. The van der Waals surface area contributed by atoms with Gasteiger partial charge >= 0.3 is 0 Å². The fourth-order valence-electron chi connectivity index (χ4n) is 10.5. The van der Waals surface area contributed by atoms with E-state index >= 15 is 0 Å². The Bertz CT molecular complexity index is 2650. The number of hydrogen-bond donors (Lipinski definition) is 0. The summed E-state index contributed by atoms with van der Waals surface area (Å²) in [5.41, 5.74) is 21.2. The molecule has 0 bridgehead atoms. The van der Waals surface area contributed by atoms with Crippen LogP contribution in [0.5, 0.6) is 0 Å². The van der Waals surface area contributed by atoms with Crippen molar-refractivity contribution in [2.45, 2.75) is 97.3 Å². The Labute approximate surface area is 322 Å². The number of benzene rings is 5. The predicted molar refractivity (Wildman–Crippen MR) is 230 cm³/mol. The van der Waals surface area contributed by atoms with Gasteiger partial charge in [-0.25, -0.2) is 0 Å². The quantitative estimate of drug-likeness (QED) is 0.175. The molecule has 0 spiro atoms. The smallest absolute Gasteiger partial charge is 0.0102 e. The lowest BCUT2D eigenvalue weighted by atomic mass is 9.70. The lowest BCUT2D eigenvalue weighted by Gasteiger charge is -2.34. The van der Waals surface area contributed by atoms with Crippen molar-refractivity contribution >= 4 is 34.1 Å². The summed E-state index contributed by atoms with van der Waals surface area (Å²) < 4.78 is 0. The van der Waals surface area contributed by atoms with Gasteiger partial charge in [0.05, 0.1) is 0 Å². The van der Waals surface area contributed by atoms with E-state index in [-0.39, 0.29) is 10.8 Å². The standard InChI is InChI=1S/C54H52/c1-53(2,3)41-19-15-33(16-20-41)47-31-49(39-27-35-11-7-8-12-36(35)28-39)45-26-24-44-48(34-17-21-42(22-18-34)54(4,5)6)32-50(46-25-23-43(47)51(45)52(44)46)40-29-37-13-9-10-14-38(37)30-40/h7-17,19-21,23-27,29,49-50H,18,22,28,30-32H2,1-6H3. The molecule has 2 unspecified atom stereocenters. The van der Waals surface area contributed by atoms with Crippen LogP contribution in [0.2, 0.25) is 0 Å². The van der Waals surface area contributed by atoms with Crippen LogP contribution in [-0.4, -0.2) is 0 Å². The number of rotatable bonds is 4. The third kappa shape index (κ3) is 5.47. The zero-order valence-corrected chi connectivity index (χ0v) is 32.9. The fraction of sp³-hybridized carbons (Fsp3) is 0.296. The van der Waals surface area contributed by atoms with Crippen LogP contribution in [0.4, 0.5) is 0 Å². The maximum absolute atomic E-state index is 2.55. The summed E-state index contributed by atoms with van der Waals surface area (Å²) in [6.07, 6.45) is 16.4. The molecule has 10 rings (SSSR count). The molecule has 0 heteroatoms. The first kappa shape index (κ1) is 33.6. The van der Waals surface area contributed by atoms with Crippen LogP contribution >= 0.6 is 0 Å². The molecule has 0 nitrogen and oxygen atoms in total. The van der Waals surface area contributed by atoms with E-state index in [4.69, 9.17) is 0 Å². The maximum Gasteiger partial charge on any atom is 0.0102 e. The summed E-state index contributed by atoms with van der Waals surface area (Å²) >= 11 is 0. The van der Waals surface area contributed by atoms with Crippen molar-refractivity contribution in [1.29, 1.82) is 0 Å². The van der Waals surface area contributed by atoms with Gasteiger partial charge in [-0.15, -0.1) is 0 Å². The van der Waals surface area contributed by atoms with Crippen molar-refractivity contribution in [2.75, 3.05) is 0 Å². The molecule has 0 amide bonds. The monoisotopic (exact) mass is 700 g/mol. The lowest BCUT2D eigenvalue weighted by Crippen LogP contribution is -2.28. The van der Waals surface area contributed by atoms with Crippen LogP contribution in [0.3, 0.4) is 0 Å². The Morgan fingerprint density at radius 1 is 0.500 bits per heavy atom. The average Bonchev–Trinajstić information content (AvgIpc) is 3.81. The second-order valence-corrected chi connectivity index (χ2v) is 18.8. The van der Waals surface area contributed by atoms with Gasteiger partial charge in [0.15, 0.2) is 0 Å². The van der Waals surface area contributed by atoms with Gasteiger partial charge in [0.25, 0.3) is 0 Å². The minimum atomic E-state index is 0.124. The van der Waals surface area contributed by atoms with Crippen LogP contribution in [0.15, 0.2) is 132 Å². The molecule has 0 aliphatic heterocycles. The van der Waals surface area contributed by atoms with Gasteiger partial charge in [-0.2, -0.15) is 0 Å². The normalized spacial score (nSPS) is 20.3. The Morgan fingerprint density at radius 3 is 1.54 bits per heavy atom. The third-order valence-corrected chi connectivity index (χ3v) is 13.5. The minimum absolute atomic E-state index is 0.124. The van der Waals surface area contributed by atoms with E-state index in [1.807, 2.05) is 0 Å². The number of allylic oxidation sites excluding steroid dienone is 6. The highest BCUT2D eigenvalue weighted by Crippen LogP contribution is 2.49. The molecule has 268 valence electrons. The molecule has 0 fully saturated rings. The van der Waals surface area contributed by atoms with Crippen LogP contribution in [0.1, 0.15) is 124 Å². The first-order valence-corrected chi connectivity index (χ1v) is 20.4. The largest absolute Gasteiger partial charge is 0.0645 e. The molecular formula is C54H52. The predicted octanol–water partition coefficient (Wildman–Crippen LogP) is 12.4. The molecule has 5 aromatic rings. The van der Waals surface area contributed by atoms with E-state index in [1.165, 1.54) is 71.3 Å². The van der Waals surface area contributed by atoms with Crippen molar-refractivity contribution in [3.63, 3.8) is 0 Å². The molecule has 0 radical (unpaired) electrons. The molecule has 0 saturated carbocycles. The third-order valence-electron chi connectivity index (χ3n) is 13.5. The molecule has 0 saturated heterocycles. The van der Waals surface area contributed by atoms with Gasteiger partial charge in [-0.3, -0.25) is 0 Å². The minimum Gasteiger partial charge on any atom is -0.0645 e. The van der Waals surface area contributed by atoms with Gasteiger partial charge in [0.2, 0.25) is 0 Å². The van der Waals surface area contributed by atoms with Crippen LogP contribution in [0, 0.1) is 5.41 Å². The van der Waals surface area contributed by atoms with Gasteiger partial charge in [0, 0.05) is 11.8 Å². The summed E-state index contributed by atoms with van der Waals surface area (Å²) in [5, 5.41) is 5.94. The van der Waals surface area contributed by atoms with Crippen LogP contribution < -0.4 is 10.4 Å². The molecule has 5 aliphatic rings. The van der Waals surface area contributed by atoms with Gasteiger partial charge in [-0.05, 0) is 132 Å². The van der Waals surface area contributed by atoms with E-state index < -0.39 is 0 Å². The molecular weight excluding hydrogens is 649 g/mol. The molecule has 5 aliphatic carbocycles. The highest BCUT2D eigenvalue weighted by atomic mass is 14.4. The molecule has 2 atom stereocenters. The average molecular weight is 701 g/mol. The topological polar surface area (TPSA) is 0 Å². The zero-order chi connectivity index (χ0) is 36.9. The summed E-state index contributed by atoms with van der Waals surface area (Å²) in [6.45, 7) is 14.0. The van der Waals surface area contributed by atoms with Crippen LogP contribution in [-0.2, 0) is 18.3 Å². The van der Waals surface area contributed by atoms with Crippen LogP contribution in [0.25, 0.3) is 34.1 Å². The van der Waals surface area contributed by atoms with E-state index in [2.05, 4.69) is 163 Å². The van der Waals surface area contributed by atoms with Crippen molar-refractivity contribution in [1.82, 2.24) is 0 Å². The van der Waals surface area contributed by atoms with Crippen molar-refractivity contribution in [2.24, 2.45) is 5.41 Å². The molecule has 5 aromatic carbocycles. The van der Waals surface area contributed by atoms with E-state index in [0.29, 0.717) is 11.8 Å². The lowest BCUT2D eigenvalue weighted by molar-refractivity contribution is 0.480. The van der Waals surface area contributed by atoms with E-state index in [9.17, 15) is 0 Å². The van der Waals surface area contributed by atoms with Crippen molar-refractivity contribution < 1.29 is 0 Å². The summed E-state index contributed by atoms with van der Waals surface area (Å²) in [7, 11) is 0. The molecule has 0 heterocycles. The summed E-state index contributed by atoms with van der Waals surface area (Å²) in [5.74, 6) is 0.708. The summed E-state index contributed by atoms with van der Waals surface area (Å²) in [6, 6.07) is 37.8. The first-order chi connectivity index (χ1) is 26.0.